The van der Waals surface area contributed by atoms with E-state index >= 15 is 0 Å². The largest absolute Gasteiger partial charge is 0.388 e. The van der Waals surface area contributed by atoms with Crippen molar-refractivity contribution in [2.24, 2.45) is 0 Å². The van der Waals surface area contributed by atoms with E-state index in [9.17, 15) is 5.11 Å². The monoisotopic (exact) mass is 253 g/mol. The first kappa shape index (κ1) is 12.2. The molecule has 1 heterocycles. The maximum Gasteiger partial charge on any atom is 0.0790 e. The Balaban J connectivity index is 2.06. The number of fused-ring (bicyclic) bond motifs is 3. The number of hydrogen-bond donors (Lipinski definition) is 2. The van der Waals surface area contributed by atoms with Crippen molar-refractivity contribution >= 4 is 21.8 Å². The third-order valence-corrected chi connectivity index (χ3v) is 3.75. The number of aliphatic hydroxyl groups excluding tert-OH is 1. The van der Waals surface area contributed by atoms with Gasteiger partial charge in [-0.05, 0) is 30.2 Å². The van der Waals surface area contributed by atoms with E-state index in [0.717, 1.165) is 35.9 Å². The summed E-state index contributed by atoms with van der Waals surface area (Å²) in [7, 11) is 0. The number of para-hydroxylation sites is 1. The molecule has 2 aromatic carbocycles. The number of hydrogen-bond acceptors (Lipinski definition) is 1. The molecule has 0 saturated heterocycles. The summed E-state index contributed by atoms with van der Waals surface area (Å²) in [5.41, 5.74) is 3.30. The molecule has 0 fully saturated rings. The first-order valence-corrected chi connectivity index (χ1v) is 6.98. The topological polar surface area (TPSA) is 36.0 Å². The molecule has 0 aliphatic heterocycles. The van der Waals surface area contributed by atoms with Gasteiger partial charge in [0.05, 0.1) is 6.10 Å². The Bertz CT molecular complexity index is 699. The summed E-state index contributed by atoms with van der Waals surface area (Å²) >= 11 is 0. The maximum atomic E-state index is 10.2. The first-order chi connectivity index (χ1) is 9.29. The summed E-state index contributed by atoms with van der Waals surface area (Å²) in [6.45, 7) is 2.15. The van der Waals surface area contributed by atoms with Crippen molar-refractivity contribution in [1.82, 2.24) is 4.98 Å². The molecule has 2 heteroatoms. The van der Waals surface area contributed by atoms with Crippen molar-refractivity contribution in [2.75, 3.05) is 0 Å². The molecule has 1 atom stereocenters. The molecule has 0 bridgehead atoms. The average molecular weight is 253 g/mol. The zero-order valence-corrected chi connectivity index (χ0v) is 11.2. The minimum absolute atomic E-state index is 0.349. The quantitative estimate of drug-likeness (QED) is 0.703. The van der Waals surface area contributed by atoms with E-state index in [-0.39, 0.29) is 6.10 Å². The molecule has 3 rings (SSSR count). The molecule has 1 aromatic heterocycles. The number of aliphatic hydroxyl groups is 1. The summed E-state index contributed by atoms with van der Waals surface area (Å²) in [5.74, 6) is 0. The van der Waals surface area contributed by atoms with E-state index in [1.54, 1.807) is 0 Å². The number of unbranched alkanes of at least 4 members (excludes halogenated alkanes) is 1. The summed E-state index contributed by atoms with van der Waals surface area (Å²) < 4.78 is 0. The fourth-order valence-electron chi connectivity index (χ4n) is 2.64. The molecule has 2 N–H and O–H groups in total. The number of aromatic nitrogens is 1. The van der Waals surface area contributed by atoms with Gasteiger partial charge in [0, 0.05) is 21.8 Å². The number of rotatable bonds is 4. The predicted molar refractivity (Wildman–Crippen MR) is 80.3 cm³/mol. The lowest BCUT2D eigenvalue weighted by Gasteiger charge is -2.10. The molecule has 0 amide bonds. The fraction of sp³-hybridized carbons (Fsp3) is 0.294. The van der Waals surface area contributed by atoms with E-state index < -0.39 is 0 Å². The number of aromatic amines is 1. The van der Waals surface area contributed by atoms with Gasteiger partial charge in [-0.1, -0.05) is 44.0 Å². The highest BCUT2D eigenvalue weighted by atomic mass is 16.3. The zero-order chi connectivity index (χ0) is 13.2. The highest BCUT2D eigenvalue weighted by Crippen LogP contribution is 2.29. The molecular formula is C17H19NO. The third-order valence-electron chi connectivity index (χ3n) is 3.75. The first-order valence-electron chi connectivity index (χ1n) is 6.98. The van der Waals surface area contributed by atoms with E-state index in [4.69, 9.17) is 0 Å². The summed E-state index contributed by atoms with van der Waals surface area (Å²) in [6, 6.07) is 14.5. The van der Waals surface area contributed by atoms with Crippen LogP contribution in [0.3, 0.4) is 0 Å². The zero-order valence-electron chi connectivity index (χ0n) is 11.2. The van der Waals surface area contributed by atoms with Crippen LogP contribution in [0.1, 0.15) is 37.9 Å². The van der Waals surface area contributed by atoms with E-state index in [1.165, 1.54) is 10.8 Å². The van der Waals surface area contributed by atoms with Crippen LogP contribution in [0.15, 0.2) is 42.5 Å². The van der Waals surface area contributed by atoms with Gasteiger partial charge in [-0.3, -0.25) is 0 Å². The van der Waals surface area contributed by atoms with Crippen LogP contribution in [0.25, 0.3) is 21.8 Å². The van der Waals surface area contributed by atoms with Crippen molar-refractivity contribution in [2.45, 2.75) is 32.3 Å². The molecule has 0 spiro atoms. The second-order valence-corrected chi connectivity index (χ2v) is 5.13. The second kappa shape index (κ2) is 5.06. The number of benzene rings is 2. The van der Waals surface area contributed by atoms with E-state index in [2.05, 4.69) is 42.2 Å². The van der Waals surface area contributed by atoms with Crippen molar-refractivity contribution < 1.29 is 5.11 Å². The Morgan fingerprint density at radius 3 is 2.68 bits per heavy atom. The van der Waals surface area contributed by atoms with Gasteiger partial charge in [0.2, 0.25) is 0 Å². The van der Waals surface area contributed by atoms with Crippen LogP contribution in [0.4, 0.5) is 0 Å². The van der Waals surface area contributed by atoms with Crippen LogP contribution in [0, 0.1) is 0 Å². The Labute approximate surface area is 113 Å². The molecule has 0 radical (unpaired) electrons. The summed E-state index contributed by atoms with van der Waals surface area (Å²) in [4.78, 5) is 3.41. The minimum Gasteiger partial charge on any atom is -0.388 e. The van der Waals surface area contributed by atoms with Crippen LogP contribution in [0.2, 0.25) is 0 Å². The van der Waals surface area contributed by atoms with Crippen molar-refractivity contribution in [3.05, 3.63) is 48.0 Å². The molecule has 2 nitrogen and oxygen atoms in total. The Kier molecular flexibility index (Phi) is 3.26. The van der Waals surface area contributed by atoms with Crippen LogP contribution in [-0.4, -0.2) is 10.1 Å². The molecule has 1 unspecified atom stereocenters. The molecule has 98 valence electrons. The van der Waals surface area contributed by atoms with Crippen LogP contribution >= 0.6 is 0 Å². The molecule has 3 aromatic rings. The molecular weight excluding hydrogens is 234 g/mol. The van der Waals surface area contributed by atoms with Gasteiger partial charge in [0.25, 0.3) is 0 Å². The van der Waals surface area contributed by atoms with E-state index in [0.29, 0.717) is 0 Å². The van der Waals surface area contributed by atoms with Gasteiger partial charge in [0.15, 0.2) is 0 Å². The molecule has 0 aliphatic carbocycles. The molecule has 0 aliphatic rings. The van der Waals surface area contributed by atoms with Gasteiger partial charge in [-0.15, -0.1) is 0 Å². The molecule has 19 heavy (non-hydrogen) atoms. The lowest BCUT2D eigenvalue weighted by molar-refractivity contribution is 0.164. The van der Waals surface area contributed by atoms with Crippen LogP contribution in [-0.2, 0) is 0 Å². The van der Waals surface area contributed by atoms with E-state index in [1.807, 2.05) is 12.1 Å². The van der Waals surface area contributed by atoms with Gasteiger partial charge in [0.1, 0.15) is 0 Å². The standard InChI is InChI=1S/C17H19NO/c1-2-3-8-17(19)12-9-10-16-14(11-12)13-6-4-5-7-15(13)18-16/h4-7,9-11,17-19H,2-3,8H2,1H3. The normalized spacial score (nSPS) is 13.2. The fourth-order valence-corrected chi connectivity index (χ4v) is 2.64. The minimum atomic E-state index is -0.349. The summed E-state index contributed by atoms with van der Waals surface area (Å²) in [5, 5.41) is 12.6. The lowest BCUT2D eigenvalue weighted by atomic mass is 10.0. The Morgan fingerprint density at radius 1 is 1.05 bits per heavy atom. The predicted octanol–water partition coefficient (Wildman–Crippen LogP) is 4.54. The van der Waals surface area contributed by atoms with Crippen molar-refractivity contribution in [3.63, 3.8) is 0 Å². The average Bonchev–Trinajstić information content (AvgIpc) is 2.82. The summed E-state index contributed by atoms with van der Waals surface area (Å²) in [6.07, 6.45) is 2.67. The number of nitrogens with one attached hydrogen (secondary N) is 1. The highest BCUT2D eigenvalue weighted by molar-refractivity contribution is 6.07. The van der Waals surface area contributed by atoms with Crippen molar-refractivity contribution in [1.29, 1.82) is 0 Å². The highest BCUT2D eigenvalue weighted by Gasteiger charge is 2.10. The van der Waals surface area contributed by atoms with Crippen molar-refractivity contribution in [3.8, 4) is 0 Å². The second-order valence-electron chi connectivity index (χ2n) is 5.13. The lowest BCUT2D eigenvalue weighted by Crippen LogP contribution is -1.96. The van der Waals surface area contributed by atoms with Gasteiger partial charge >= 0.3 is 0 Å². The van der Waals surface area contributed by atoms with Gasteiger partial charge in [-0.2, -0.15) is 0 Å². The maximum absolute atomic E-state index is 10.2. The van der Waals surface area contributed by atoms with Gasteiger partial charge < -0.3 is 10.1 Å². The van der Waals surface area contributed by atoms with Crippen LogP contribution < -0.4 is 0 Å². The Morgan fingerprint density at radius 2 is 1.84 bits per heavy atom. The Hall–Kier alpha value is -1.80. The number of H-pyrrole nitrogens is 1. The van der Waals surface area contributed by atoms with Crippen LogP contribution in [0.5, 0.6) is 0 Å². The molecule has 0 saturated carbocycles. The third kappa shape index (κ3) is 2.24. The SMILES string of the molecule is CCCCC(O)c1ccc2[nH]c3ccccc3c2c1. The smallest absolute Gasteiger partial charge is 0.0790 e. The van der Waals surface area contributed by atoms with Gasteiger partial charge in [-0.25, -0.2) is 0 Å².